The Morgan fingerprint density at radius 1 is 1.35 bits per heavy atom. The Labute approximate surface area is 123 Å². The smallest absolute Gasteiger partial charge is 0.326 e. The minimum atomic E-state index is -0.902. The van der Waals surface area contributed by atoms with Gasteiger partial charge < -0.3 is 10.4 Å². The van der Waals surface area contributed by atoms with E-state index in [1.54, 1.807) is 11.3 Å². The van der Waals surface area contributed by atoms with Crippen molar-refractivity contribution < 1.29 is 14.7 Å². The van der Waals surface area contributed by atoms with Crippen molar-refractivity contribution in [3.63, 3.8) is 0 Å². The molecule has 1 atom stereocenters. The summed E-state index contributed by atoms with van der Waals surface area (Å²) in [5.74, 6) is -0.968. The van der Waals surface area contributed by atoms with Gasteiger partial charge >= 0.3 is 5.97 Å². The number of carbonyl (C=O) groups is 2. The zero-order valence-electron chi connectivity index (χ0n) is 11.5. The van der Waals surface area contributed by atoms with Gasteiger partial charge in [-0.25, -0.2) is 4.79 Å². The Hall–Kier alpha value is -1.36. The highest BCUT2D eigenvalue weighted by molar-refractivity contribution is 7.09. The van der Waals surface area contributed by atoms with Crippen LogP contribution in [0.4, 0.5) is 0 Å². The van der Waals surface area contributed by atoms with E-state index in [1.807, 2.05) is 17.5 Å². The van der Waals surface area contributed by atoms with E-state index < -0.39 is 12.0 Å². The van der Waals surface area contributed by atoms with E-state index in [0.717, 1.165) is 30.6 Å². The molecule has 0 aliphatic heterocycles. The third kappa shape index (κ3) is 4.34. The summed E-state index contributed by atoms with van der Waals surface area (Å²) in [6, 6.07) is 3.24. The molecule has 110 valence electrons. The van der Waals surface area contributed by atoms with Crippen LogP contribution in [-0.2, 0) is 16.0 Å². The van der Waals surface area contributed by atoms with Crippen LogP contribution in [0.15, 0.2) is 17.5 Å². The van der Waals surface area contributed by atoms with Crippen molar-refractivity contribution in [1.29, 1.82) is 0 Å². The second kappa shape index (κ2) is 7.43. The number of amides is 1. The SMILES string of the molecule is O=C(CCc1cccs1)NC(C(=O)O)C1CCCCC1. The van der Waals surface area contributed by atoms with Gasteiger partial charge in [0.1, 0.15) is 6.04 Å². The lowest BCUT2D eigenvalue weighted by Crippen LogP contribution is -2.46. The average Bonchev–Trinajstić information content (AvgIpc) is 2.96. The van der Waals surface area contributed by atoms with Crippen molar-refractivity contribution in [2.75, 3.05) is 0 Å². The van der Waals surface area contributed by atoms with Crippen LogP contribution in [0.5, 0.6) is 0 Å². The predicted molar refractivity (Wildman–Crippen MR) is 78.8 cm³/mol. The molecule has 20 heavy (non-hydrogen) atoms. The maximum Gasteiger partial charge on any atom is 0.326 e. The minimum absolute atomic E-state index is 0.0898. The van der Waals surface area contributed by atoms with Gasteiger partial charge in [0.25, 0.3) is 0 Å². The Morgan fingerprint density at radius 2 is 2.10 bits per heavy atom. The van der Waals surface area contributed by atoms with Gasteiger partial charge in [-0.1, -0.05) is 25.3 Å². The molecule has 2 N–H and O–H groups in total. The highest BCUT2D eigenvalue weighted by Crippen LogP contribution is 2.26. The molecule has 2 rings (SSSR count). The van der Waals surface area contributed by atoms with Crippen LogP contribution in [-0.4, -0.2) is 23.0 Å². The molecular weight excluding hydrogens is 274 g/mol. The van der Waals surface area contributed by atoms with Gasteiger partial charge in [-0.2, -0.15) is 0 Å². The van der Waals surface area contributed by atoms with Crippen LogP contribution in [0.2, 0.25) is 0 Å². The fraction of sp³-hybridized carbons (Fsp3) is 0.600. The lowest BCUT2D eigenvalue weighted by molar-refractivity contribution is -0.143. The molecule has 0 saturated heterocycles. The number of rotatable bonds is 6. The van der Waals surface area contributed by atoms with E-state index in [9.17, 15) is 14.7 Å². The van der Waals surface area contributed by atoms with Crippen molar-refractivity contribution >= 4 is 23.2 Å². The summed E-state index contributed by atoms with van der Waals surface area (Å²) in [6.07, 6.45) is 6.16. The summed E-state index contributed by atoms with van der Waals surface area (Å²) < 4.78 is 0. The zero-order chi connectivity index (χ0) is 14.4. The molecular formula is C15H21NO3S. The molecule has 1 aromatic rings. The summed E-state index contributed by atoms with van der Waals surface area (Å²) in [6.45, 7) is 0. The first-order valence-corrected chi connectivity index (χ1v) is 8.09. The first kappa shape index (κ1) is 15.0. The second-order valence-corrected chi connectivity index (χ2v) is 6.39. The molecule has 0 bridgehead atoms. The number of hydrogen-bond acceptors (Lipinski definition) is 3. The largest absolute Gasteiger partial charge is 0.480 e. The molecule has 1 aliphatic carbocycles. The summed E-state index contributed by atoms with van der Waals surface area (Å²) in [5, 5.41) is 14.0. The summed E-state index contributed by atoms with van der Waals surface area (Å²) in [4.78, 5) is 24.4. The zero-order valence-corrected chi connectivity index (χ0v) is 12.3. The monoisotopic (exact) mass is 295 g/mol. The van der Waals surface area contributed by atoms with Gasteiger partial charge in [0, 0.05) is 11.3 Å². The fourth-order valence-corrected chi connectivity index (χ4v) is 3.49. The molecule has 0 aromatic carbocycles. The number of carboxylic acids is 1. The molecule has 0 spiro atoms. The highest BCUT2D eigenvalue weighted by Gasteiger charge is 2.30. The standard InChI is InChI=1S/C15H21NO3S/c17-13(9-8-12-7-4-10-20-12)16-14(15(18)19)11-5-2-1-3-6-11/h4,7,10-11,14H,1-3,5-6,8-9H2,(H,16,17)(H,18,19). The fourth-order valence-electron chi connectivity index (χ4n) is 2.79. The molecule has 1 aliphatic rings. The topological polar surface area (TPSA) is 66.4 Å². The van der Waals surface area contributed by atoms with Gasteiger partial charge in [-0.05, 0) is 36.6 Å². The number of thiophene rings is 1. The van der Waals surface area contributed by atoms with E-state index in [2.05, 4.69) is 5.32 Å². The van der Waals surface area contributed by atoms with E-state index in [1.165, 1.54) is 6.42 Å². The van der Waals surface area contributed by atoms with Crippen LogP contribution in [0.1, 0.15) is 43.4 Å². The van der Waals surface area contributed by atoms with Gasteiger partial charge in [0.2, 0.25) is 5.91 Å². The maximum atomic E-state index is 11.9. The van der Waals surface area contributed by atoms with Crippen molar-refractivity contribution in [3.05, 3.63) is 22.4 Å². The number of carboxylic acid groups (broad SMARTS) is 1. The van der Waals surface area contributed by atoms with Crippen LogP contribution in [0.25, 0.3) is 0 Å². The summed E-state index contributed by atoms with van der Waals surface area (Å²) in [7, 11) is 0. The second-order valence-electron chi connectivity index (χ2n) is 5.36. The van der Waals surface area contributed by atoms with Crippen LogP contribution >= 0.6 is 11.3 Å². The van der Waals surface area contributed by atoms with E-state index in [4.69, 9.17) is 0 Å². The first-order valence-electron chi connectivity index (χ1n) is 7.21. The van der Waals surface area contributed by atoms with Gasteiger partial charge in [0.15, 0.2) is 0 Å². The normalized spacial score (nSPS) is 17.6. The minimum Gasteiger partial charge on any atom is -0.480 e. The number of aliphatic carboxylic acids is 1. The molecule has 1 saturated carbocycles. The Morgan fingerprint density at radius 3 is 2.70 bits per heavy atom. The Balaban J connectivity index is 1.83. The Kier molecular flexibility index (Phi) is 5.59. The third-order valence-electron chi connectivity index (χ3n) is 3.88. The lowest BCUT2D eigenvalue weighted by atomic mass is 9.84. The average molecular weight is 295 g/mol. The lowest BCUT2D eigenvalue weighted by Gasteiger charge is -2.28. The number of nitrogens with one attached hydrogen (secondary N) is 1. The predicted octanol–water partition coefficient (Wildman–Crippen LogP) is 2.83. The third-order valence-corrected chi connectivity index (χ3v) is 4.82. The van der Waals surface area contributed by atoms with Crippen molar-refractivity contribution in [2.24, 2.45) is 5.92 Å². The quantitative estimate of drug-likeness (QED) is 0.848. The molecule has 1 heterocycles. The van der Waals surface area contributed by atoms with Gasteiger partial charge in [-0.3, -0.25) is 4.79 Å². The first-order chi connectivity index (χ1) is 9.66. The van der Waals surface area contributed by atoms with E-state index in [-0.39, 0.29) is 11.8 Å². The van der Waals surface area contributed by atoms with E-state index in [0.29, 0.717) is 12.8 Å². The van der Waals surface area contributed by atoms with Crippen LogP contribution in [0, 0.1) is 5.92 Å². The number of hydrogen-bond donors (Lipinski definition) is 2. The number of aryl methyl sites for hydroxylation is 1. The molecule has 5 heteroatoms. The van der Waals surface area contributed by atoms with Crippen molar-refractivity contribution in [1.82, 2.24) is 5.32 Å². The summed E-state index contributed by atoms with van der Waals surface area (Å²) in [5.41, 5.74) is 0. The number of carbonyl (C=O) groups excluding carboxylic acids is 1. The summed E-state index contributed by atoms with van der Waals surface area (Å²) >= 11 is 1.62. The van der Waals surface area contributed by atoms with Gasteiger partial charge in [-0.15, -0.1) is 11.3 Å². The van der Waals surface area contributed by atoms with E-state index >= 15 is 0 Å². The molecule has 1 aromatic heterocycles. The van der Waals surface area contributed by atoms with Crippen molar-refractivity contribution in [2.45, 2.75) is 51.0 Å². The molecule has 0 radical (unpaired) electrons. The molecule has 1 fully saturated rings. The Bertz CT molecular complexity index is 438. The molecule has 1 amide bonds. The highest BCUT2D eigenvalue weighted by atomic mass is 32.1. The van der Waals surface area contributed by atoms with Gasteiger partial charge in [0.05, 0.1) is 0 Å². The van der Waals surface area contributed by atoms with Crippen LogP contribution < -0.4 is 5.32 Å². The molecule has 1 unspecified atom stereocenters. The molecule has 4 nitrogen and oxygen atoms in total. The van der Waals surface area contributed by atoms with Crippen molar-refractivity contribution in [3.8, 4) is 0 Å². The van der Waals surface area contributed by atoms with Crippen LogP contribution in [0.3, 0.4) is 0 Å². The maximum absolute atomic E-state index is 11.9.